The third-order valence-electron chi connectivity index (χ3n) is 4.67. The summed E-state index contributed by atoms with van der Waals surface area (Å²) < 4.78 is 5.79. The number of nitrogen functional groups attached to an aromatic ring is 1. The second-order valence-corrected chi connectivity index (χ2v) is 7.05. The maximum Gasteiger partial charge on any atom is 0.216 e. The third-order valence-corrected chi connectivity index (χ3v) is 4.67. The Morgan fingerprint density at radius 1 is 1.12 bits per heavy atom. The van der Waals surface area contributed by atoms with Crippen molar-refractivity contribution >= 4 is 46.9 Å². The predicted octanol–water partition coefficient (Wildman–Crippen LogP) is 3.36. The summed E-state index contributed by atoms with van der Waals surface area (Å²) in [6.45, 7) is 2.56. The van der Waals surface area contributed by atoms with E-state index < -0.39 is 0 Å². The van der Waals surface area contributed by atoms with E-state index in [9.17, 15) is 19.5 Å². The zero-order valence-electron chi connectivity index (χ0n) is 18.5. The van der Waals surface area contributed by atoms with Crippen LogP contribution in [0.3, 0.4) is 0 Å². The van der Waals surface area contributed by atoms with E-state index in [0.717, 1.165) is 17.2 Å². The molecular weight excluding hydrogens is 454 g/mol. The SMILES string of the molecule is C=S.CC(=O)NCCN.Nc1ccc(-c2c3ccc(=O)cc-3oc3cc(O)ccc23)c(C=O)c1. The van der Waals surface area contributed by atoms with Gasteiger partial charge in [0.25, 0.3) is 0 Å². The maximum atomic E-state index is 11.7. The highest BCUT2D eigenvalue weighted by atomic mass is 32.1. The summed E-state index contributed by atoms with van der Waals surface area (Å²) in [7, 11) is 0. The van der Waals surface area contributed by atoms with E-state index in [1.54, 1.807) is 36.4 Å². The summed E-state index contributed by atoms with van der Waals surface area (Å²) >= 11 is 3.83. The lowest BCUT2D eigenvalue weighted by molar-refractivity contribution is -0.118. The van der Waals surface area contributed by atoms with Gasteiger partial charge < -0.3 is 26.3 Å². The Labute approximate surface area is 201 Å². The second kappa shape index (κ2) is 12.2. The van der Waals surface area contributed by atoms with Crippen LogP contribution in [0.25, 0.3) is 33.4 Å². The first-order chi connectivity index (χ1) is 16.3. The monoisotopic (exact) mass is 479 g/mol. The van der Waals surface area contributed by atoms with Crippen LogP contribution < -0.4 is 22.2 Å². The number of thiocarbonyl (C=S) groups is 1. The fourth-order valence-electron chi connectivity index (χ4n) is 3.30. The van der Waals surface area contributed by atoms with E-state index in [0.29, 0.717) is 46.8 Å². The average molecular weight is 480 g/mol. The van der Waals surface area contributed by atoms with E-state index in [1.165, 1.54) is 25.1 Å². The standard InChI is InChI=1S/C20H13NO4.C4H10N2O.CH2S/c21-12-1-4-15(11(7-12)10-22)20-16-5-2-13(23)8-18(16)25-19-9-14(24)3-6-17(19)20;1-4(7)6-3-2-5;1-2/h1-10,23H,21H2;2-3,5H2,1H3,(H,6,7);1H2. The van der Waals surface area contributed by atoms with Crippen LogP contribution in [0, 0.1) is 0 Å². The molecule has 0 spiro atoms. The van der Waals surface area contributed by atoms with Crippen molar-refractivity contribution in [3.8, 4) is 28.2 Å². The van der Waals surface area contributed by atoms with Crippen molar-refractivity contribution in [3.05, 3.63) is 70.4 Å². The zero-order chi connectivity index (χ0) is 25.3. The first kappa shape index (κ1) is 26.2. The molecule has 0 saturated carbocycles. The van der Waals surface area contributed by atoms with Crippen molar-refractivity contribution < 1.29 is 19.1 Å². The molecule has 1 aliphatic heterocycles. The number of nitrogens with one attached hydrogen (secondary N) is 1. The van der Waals surface area contributed by atoms with Crippen LogP contribution in [0.4, 0.5) is 5.69 Å². The number of aromatic hydroxyl groups is 1. The Morgan fingerprint density at radius 2 is 1.82 bits per heavy atom. The molecule has 34 heavy (non-hydrogen) atoms. The fourth-order valence-corrected chi connectivity index (χ4v) is 3.30. The van der Waals surface area contributed by atoms with Crippen LogP contribution in [-0.2, 0) is 4.79 Å². The molecule has 0 atom stereocenters. The number of anilines is 1. The Kier molecular flexibility index (Phi) is 9.42. The van der Waals surface area contributed by atoms with Crippen LogP contribution in [0.15, 0.2) is 63.8 Å². The van der Waals surface area contributed by atoms with E-state index in [2.05, 4.69) is 23.4 Å². The number of hydrogen-bond acceptors (Lipinski definition) is 8. The van der Waals surface area contributed by atoms with Crippen molar-refractivity contribution in [2.75, 3.05) is 18.8 Å². The van der Waals surface area contributed by atoms with Gasteiger partial charge in [-0.05, 0) is 47.8 Å². The number of nitrogens with two attached hydrogens (primary N) is 2. The minimum absolute atomic E-state index is 0.0227. The molecule has 1 aliphatic carbocycles. The number of carbonyl (C=O) groups is 2. The number of amides is 1. The number of benzene rings is 3. The summed E-state index contributed by atoms with van der Waals surface area (Å²) in [6, 6.07) is 14.4. The number of aldehydes is 1. The fraction of sp³-hybridized carbons (Fsp3) is 0.120. The molecule has 0 unspecified atom stereocenters. The van der Waals surface area contributed by atoms with Gasteiger partial charge >= 0.3 is 0 Å². The van der Waals surface area contributed by atoms with E-state index >= 15 is 0 Å². The maximum absolute atomic E-state index is 11.7. The van der Waals surface area contributed by atoms with Gasteiger partial charge in [0, 0.05) is 59.9 Å². The number of phenolic OH excluding ortho intramolecular Hbond substituents is 1. The van der Waals surface area contributed by atoms with Gasteiger partial charge in [0.1, 0.15) is 17.1 Å². The van der Waals surface area contributed by atoms with E-state index in [4.69, 9.17) is 15.9 Å². The number of rotatable bonds is 4. The Bertz CT molecular complexity index is 1340. The zero-order valence-corrected chi connectivity index (χ0v) is 19.4. The first-order valence-electron chi connectivity index (χ1n) is 10.1. The second-order valence-electron chi connectivity index (χ2n) is 7.05. The van der Waals surface area contributed by atoms with Crippen molar-refractivity contribution in [2.24, 2.45) is 5.73 Å². The highest BCUT2D eigenvalue weighted by molar-refractivity contribution is 7.77. The molecule has 1 heterocycles. The van der Waals surface area contributed by atoms with Crippen molar-refractivity contribution in [2.45, 2.75) is 6.92 Å². The summed E-state index contributed by atoms with van der Waals surface area (Å²) in [6.07, 6.45) is 0.746. The predicted molar refractivity (Wildman–Crippen MR) is 138 cm³/mol. The molecule has 0 saturated heterocycles. The molecule has 4 rings (SSSR count). The molecule has 1 amide bonds. The average Bonchev–Trinajstić information content (AvgIpc) is 2.82. The van der Waals surface area contributed by atoms with Crippen LogP contribution in [0.2, 0.25) is 0 Å². The number of carbonyl (C=O) groups excluding carboxylic acids is 2. The smallest absolute Gasteiger partial charge is 0.216 e. The third kappa shape index (κ3) is 6.25. The number of phenols is 1. The Hall–Kier alpha value is -4.08. The molecule has 0 radical (unpaired) electrons. The highest BCUT2D eigenvalue weighted by Gasteiger charge is 2.19. The number of hydrogen-bond donors (Lipinski definition) is 4. The van der Waals surface area contributed by atoms with Crippen LogP contribution in [0.1, 0.15) is 17.3 Å². The van der Waals surface area contributed by atoms with E-state index in [-0.39, 0.29) is 17.1 Å². The molecular formula is C25H25N3O5S. The molecule has 0 fully saturated rings. The molecule has 6 N–H and O–H groups in total. The highest BCUT2D eigenvalue weighted by Crippen LogP contribution is 2.41. The molecule has 0 bridgehead atoms. The molecule has 2 aromatic rings. The first-order valence-corrected chi connectivity index (χ1v) is 10.7. The molecule has 9 heteroatoms. The topological polar surface area (TPSA) is 149 Å². The van der Waals surface area contributed by atoms with Crippen LogP contribution >= 0.6 is 12.2 Å². The normalized spacial score (nSPS) is 9.94. The van der Waals surface area contributed by atoms with Crippen molar-refractivity contribution in [1.29, 1.82) is 0 Å². The summed E-state index contributed by atoms with van der Waals surface area (Å²) in [5.41, 5.74) is 14.1. The summed E-state index contributed by atoms with van der Waals surface area (Å²) in [5.74, 6) is 3.24. The molecule has 176 valence electrons. The quantitative estimate of drug-likeness (QED) is 0.151. The largest absolute Gasteiger partial charge is 0.508 e. The lowest BCUT2D eigenvalue weighted by Crippen LogP contribution is -2.26. The van der Waals surface area contributed by atoms with E-state index in [1.807, 2.05) is 0 Å². The minimum atomic E-state index is -0.186. The molecule has 0 aromatic heterocycles. The summed E-state index contributed by atoms with van der Waals surface area (Å²) in [4.78, 5) is 33.3. The van der Waals surface area contributed by atoms with Crippen molar-refractivity contribution in [1.82, 2.24) is 5.32 Å². The van der Waals surface area contributed by atoms with Gasteiger partial charge in [-0.2, -0.15) is 0 Å². The Balaban J connectivity index is 0.000000393. The van der Waals surface area contributed by atoms with Gasteiger partial charge in [-0.15, -0.1) is 0 Å². The molecule has 2 aliphatic rings. The number of fused-ring (bicyclic) bond motifs is 2. The van der Waals surface area contributed by atoms with Crippen LogP contribution in [-0.4, -0.2) is 36.3 Å². The lowest BCUT2D eigenvalue weighted by atomic mass is 9.91. The van der Waals surface area contributed by atoms with Crippen molar-refractivity contribution in [3.63, 3.8) is 0 Å². The molecule has 8 nitrogen and oxygen atoms in total. The van der Waals surface area contributed by atoms with Gasteiger partial charge in [0.15, 0.2) is 11.7 Å². The Morgan fingerprint density at radius 3 is 2.44 bits per heavy atom. The van der Waals surface area contributed by atoms with Gasteiger partial charge in [-0.25, -0.2) is 0 Å². The van der Waals surface area contributed by atoms with Gasteiger partial charge in [-0.3, -0.25) is 14.4 Å². The van der Waals surface area contributed by atoms with Crippen LogP contribution in [0.5, 0.6) is 5.75 Å². The molecule has 2 aromatic carbocycles. The minimum Gasteiger partial charge on any atom is -0.508 e. The summed E-state index contributed by atoms with van der Waals surface area (Å²) in [5, 5.41) is 13.0. The van der Waals surface area contributed by atoms with Gasteiger partial charge in [0.05, 0.1) is 0 Å². The lowest BCUT2D eigenvalue weighted by Gasteiger charge is -2.16. The van der Waals surface area contributed by atoms with Gasteiger partial charge in [0.2, 0.25) is 5.91 Å². The van der Waals surface area contributed by atoms with Gasteiger partial charge in [-0.1, -0.05) is 18.3 Å².